The molecule has 1 aliphatic rings. The molecule has 1 saturated heterocycles. The molecule has 0 N–H and O–H groups in total. The zero-order valence-corrected chi connectivity index (χ0v) is 21.5. The van der Waals surface area contributed by atoms with Crippen LogP contribution in [0.4, 0.5) is 0 Å². The largest absolute Gasteiger partial charge is 0.472 e. The Morgan fingerprint density at radius 3 is 2.65 bits per heavy atom. The van der Waals surface area contributed by atoms with E-state index >= 15 is 0 Å². The van der Waals surface area contributed by atoms with E-state index in [2.05, 4.69) is 46.1 Å². The number of ether oxygens (including phenoxy) is 2. The second-order valence-electron chi connectivity index (χ2n) is 9.44. The fourth-order valence-electron chi connectivity index (χ4n) is 4.99. The fourth-order valence-corrected chi connectivity index (χ4v) is 4.99. The van der Waals surface area contributed by atoms with Crippen molar-refractivity contribution < 1.29 is 18.7 Å². The van der Waals surface area contributed by atoms with Crippen molar-refractivity contribution in [1.82, 2.24) is 14.9 Å². The Kier molecular flexibility index (Phi) is 7.80. The third kappa shape index (κ3) is 5.67. The topological polar surface area (TPSA) is 77.7 Å². The number of aryl methyl sites for hydroxylation is 1. The van der Waals surface area contributed by atoms with E-state index in [-0.39, 0.29) is 12.1 Å². The maximum atomic E-state index is 11.5. The number of esters is 1. The number of benzene rings is 2. The van der Waals surface area contributed by atoms with Crippen LogP contribution in [-0.4, -0.2) is 53.7 Å². The lowest BCUT2D eigenvalue weighted by atomic mass is 9.98. The molecule has 2 aromatic heterocycles. The summed E-state index contributed by atoms with van der Waals surface area (Å²) in [5.74, 6) is 1.15. The number of piperidine rings is 1. The first-order chi connectivity index (χ1) is 18.2. The summed E-state index contributed by atoms with van der Waals surface area (Å²) in [5, 5.41) is 0.799. The average molecular weight is 500 g/mol. The van der Waals surface area contributed by atoms with Gasteiger partial charge in [-0.2, -0.15) is 0 Å². The highest BCUT2D eigenvalue weighted by Crippen LogP contribution is 2.43. The van der Waals surface area contributed by atoms with Gasteiger partial charge in [-0.1, -0.05) is 61.5 Å². The van der Waals surface area contributed by atoms with Crippen LogP contribution >= 0.6 is 0 Å². The molecule has 2 aromatic carbocycles. The molecule has 37 heavy (non-hydrogen) atoms. The molecule has 5 rings (SSSR count). The van der Waals surface area contributed by atoms with Crippen LogP contribution in [0.3, 0.4) is 0 Å². The van der Waals surface area contributed by atoms with Gasteiger partial charge in [-0.15, -0.1) is 0 Å². The van der Waals surface area contributed by atoms with Crippen LogP contribution in [0.2, 0.25) is 0 Å². The van der Waals surface area contributed by atoms with Crippen LogP contribution in [0, 0.1) is 0 Å². The number of aromatic nitrogens is 2. The van der Waals surface area contributed by atoms with Crippen molar-refractivity contribution in [3.05, 3.63) is 66.5 Å². The van der Waals surface area contributed by atoms with Crippen molar-refractivity contribution in [1.29, 1.82) is 0 Å². The van der Waals surface area contributed by atoms with E-state index in [1.54, 1.807) is 0 Å². The molecule has 0 spiro atoms. The number of hydrogen-bond donors (Lipinski definition) is 0. The molecule has 0 bridgehead atoms. The van der Waals surface area contributed by atoms with E-state index in [1.165, 1.54) is 19.0 Å². The van der Waals surface area contributed by atoms with Gasteiger partial charge in [0.15, 0.2) is 0 Å². The molecule has 0 saturated carbocycles. The monoisotopic (exact) mass is 499 g/mol. The quantitative estimate of drug-likeness (QED) is 0.265. The summed E-state index contributed by atoms with van der Waals surface area (Å²) in [4.78, 5) is 22.9. The van der Waals surface area contributed by atoms with Crippen molar-refractivity contribution in [2.24, 2.45) is 0 Å². The fraction of sp³-hybridized carbons (Fsp3) is 0.367. The number of carbonyl (C=O) groups excluding carboxylic acids is 1. The molecule has 192 valence electrons. The van der Waals surface area contributed by atoms with Gasteiger partial charge in [-0.3, -0.25) is 9.69 Å². The highest BCUT2D eigenvalue weighted by molar-refractivity contribution is 6.03. The number of likely N-dealkylation sites (tertiary alicyclic amines) is 1. The van der Waals surface area contributed by atoms with E-state index in [0.29, 0.717) is 18.0 Å². The van der Waals surface area contributed by atoms with Gasteiger partial charge in [0, 0.05) is 24.1 Å². The van der Waals surface area contributed by atoms with E-state index < -0.39 is 0 Å². The van der Waals surface area contributed by atoms with Crippen molar-refractivity contribution in [2.45, 2.75) is 45.1 Å². The molecule has 0 unspecified atom stereocenters. The van der Waals surface area contributed by atoms with E-state index in [1.807, 2.05) is 30.3 Å². The zero-order valence-electron chi connectivity index (χ0n) is 21.5. The highest BCUT2D eigenvalue weighted by Gasteiger charge is 2.26. The Hall–Kier alpha value is -3.71. The highest BCUT2D eigenvalue weighted by atomic mass is 16.5. The molecule has 1 fully saturated rings. The third-order valence-corrected chi connectivity index (χ3v) is 6.96. The SMILES string of the molecule is CCc1ccc(-c2c(-c3ccccc3)oc3ncnc(O[C@H]4CCCN(CCCC(=O)OC)C4)c23)cc1. The van der Waals surface area contributed by atoms with Crippen LogP contribution in [0.1, 0.15) is 38.2 Å². The number of carbonyl (C=O) groups is 1. The van der Waals surface area contributed by atoms with Gasteiger partial charge in [0.1, 0.15) is 23.6 Å². The van der Waals surface area contributed by atoms with Crippen LogP contribution < -0.4 is 4.74 Å². The Labute approximate surface area is 217 Å². The predicted molar refractivity (Wildman–Crippen MR) is 143 cm³/mol. The molecule has 4 aromatic rings. The summed E-state index contributed by atoms with van der Waals surface area (Å²) in [6.07, 6.45) is 5.67. The van der Waals surface area contributed by atoms with E-state index in [9.17, 15) is 4.79 Å². The first-order valence-corrected chi connectivity index (χ1v) is 13.0. The third-order valence-electron chi connectivity index (χ3n) is 6.96. The number of fused-ring (bicyclic) bond motifs is 1. The Morgan fingerprint density at radius 1 is 1.08 bits per heavy atom. The molecule has 1 aliphatic heterocycles. The van der Waals surface area contributed by atoms with E-state index in [0.717, 1.165) is 73.2 Å². The molecule has 0 radical (unpaired) electrons. The van der Waals surface area contributed by atoms with Crippen molar-refractivity contribution in [3.8, 4) is 28.3 Å². The number of rotatable bonds is 9. The smallest absolute Gasteiger partial charge is 0.305 e. The molecule has 0 amide bonds. The van der Waals surface area contributed by atoms with Crippen LogP contribution in [0.15, 0.2) is 65.3 Å². The van der Waals surface area contributed by atoms with Gasteiger partial charge in [0.05, 0.1) is 7.11 Å². The first kappa shape index (κ1) is 25.0. The van der Waals surface area contributed by atoms with Crippen molar-refractivity contribution >= 4 is 17.1 Å². The predicted octanol–water partition coefficient (Wildman–Crippen LogP) is 5.92. The Morgan fingerprint density at radius 2 is 1.89 bits per heavy atom. The molecule has 0 aliphatic carbocycles. The van der Waals surface area contributed by atoms with Crippen molar-refractivity contribution in [3.63, 3.8) is 0 Å². The molecule has 3 heterocycles. The summed E-state index contributed by atoms with van der Waals surface area (Å²) in [6, 6.07) is 18.7. The average Bonchev–Trinajstić information content (AvgIpc) is 3.34. The molecule has 1 atom stereocenters. The standard InChI is InChI=1S/C30H33N3O4/c1-3-21-13-15-22(16-14-21)26-27-29(31-20-32-30(27)37-28(26)23-9-5-4-6-10-23)36-24-11-7-17-33(19-24)18-8-12-25(34)35-2/h4-6,9-10,13-16,20,24H,3,7-8,11-12,17-19H2,1-2H3/t24-/m0/s1. The Bertz CT molecular complexity index is 1330. The minimum atomic E-state index is -0.165. The molecular formula is C30H33N3O4. The summed E-state index contributed by atoms with van der Waals surface area (Å²) in [6.45, 7) is 4.78. The lowest BCUT2D eigenvalue weighted by Crippen LogP contribution is -2.41. The van der Waals surface area contributed by atoms with E-state index in [4.69, 9.17) is 13.9 Å². The lowest BCUT2D eigenvalue weighted by molar-refractivity contribution is -0.140. The maximum absolute atomic E-state index is 11.5. The number of hydrogen-bond acceptors (Lipinski definition) is 7. The molecule has 7 nitrogen and oxygen atoms in total. The normalized spacial score (nSPS) is 16.1. The van der Waals surface area contributed by atoms with Gasteiger partial charge in [-0.05, 0) is 49.9 Å². The molecule has 7 heteroatoms. The van der Waals surface area contributed by atoms with Crippen molar-refractivity contribution in [2.75, 3.05) is 26.7 Å². The second-order valence-corrected chi connectivity index (χ2v) is 9.44. The van der Waals surface area contributed by atoms with Crippen LogP contribution in [-0.2, 0) is 16.0 Å². The van der Waals surface area contributed by atoms with Gasteiger partial charge >= 0.3 is 5.97 Å². The summed E-state index contributed by atoms with van der Waals surface area (Å²) < 4.78 is 17.7. The minimum absolute atomic E-state index is 0.00429. The van der Waals surface area contributed by atoms with Gasteiger partial charge in [-0.25, -0.2) is 9.97 Å². The lowest BCUT2D eigenvalue weighted by Gasteiger charge is -2.32. The zero-order chi connectivity index (χ0) is 25.6. The summed E-state index contributed by atoms with van der Waals surface area (Å²) in [7, 11) is 1.43. The van der Waals surface area contributed by atoms with Crippen LogP contribution in [0.25, 0.3) is 33.6 Å². The number of furan rings is 1. The number of methoxy groups -OCH3 is 1. The second kappa shape index (κ2) is 11.6. The summed E-state index contributed by atoms with van der Waals surface area (Å²) in [5.41, 5.74) is 4.77. The van der Waals surface area contributed by atoms with Gasteiger partial charge in [0.25, 0.3) is 0 Å². The molecular weight excluding hydrogens is 466 g/mol. The van der Waals surface area contributed by atoms with Gasteiger partial charge < -0.3 is 13.9 Å². The van der Waals surface area contributed by atoms with Crippen LogP contribution in [0.5, 0.6) is 5.88 Å². The minimum Gasteiger partial charge on any atom is -0.472 e. The van der Waals surface area contributed by atoms with Gasteiger partial charge in [0.2, 0.25) is 11.6 Å². The maximum Gasteiger partial charge on any atom is 0.305 e. The Balaban J connectivity index is 1.47. The number of nitrogens with zero attached hydrogens (tertiary/aromatic N) is 3. The summed E-state index contributed by atoms with van der Waals surface area (Å²) >= 11 is 0. The first-order valence-electron chi connectivity index (χ1n) is 13.0.